The van der Waals surface area contributed by atoms with Crippen LogP contribution in [0.3, 0.4) is 0 Å². The number of nitrogens with zero attached hydrogens (tertiary/aromatic N) is 2. The molecule has 1 aliphatic heterocycles. The highest BCUT2D eigenvalue weighted by Crippen LogP contribution is 2.35. The number of anilines is 1. The second-order valence-electron chi connectivity index (χ2n) is 10.6. The molecule has 4 rings (SSSR count). The number of aryl methyl sites for hydroxylation is 1. The minimum Gasteiger partial charge on any atom is -0.486 e. The third kappa shape index (κ3) is 7.82. The van der Waals surface area contributed by atoms with Crippen molar-refractivity contribution in [2.75, 3.05) is 30.3 Å². The number of carbonyl (C=O) groups excluding carboxylic acids is 2. The van der Waals surface area contributed by atoms with Gasteiger partial charge in [0.2, 0.25) is 21.8 Å². The number of sulfonamides is 1. The first kappa shape index (κ1) is 30.9. The Kier molecular flexibility index (Phi) is 10.1. The minimum absolute atomic E-state index is 0.101. The number of rotatable bonds is 12. The van der Waals surface area contributed by atoms with Crippen LogP contribution in [0.1, 0.15) is 37.0 Å². The summed E-state index contributed by atoms with van der Waals surface area (Å²) in [4.78, 5) is 29.5. The molecule has 0 saturated heterocycles. The van der Waals surface area contributed by atoms with Gasteiger partial charge in [-0.2, -0.15) is 0 Å². The summed E-state index contributed by atoms with van der Waals surface area (Å²) in [5.41, 5.74) is 2.99. The van der Waals surface area contributed by atoms with Crippen molar-refractivity contribution in [3.05, 3.63) is 89.5 Å². The molecular formula is C32H39N3O6S. The summed E-state index contributed by atoms with van der Waals surface area (Å²) >= 11 is 0. The van der Waals surface area contributed by atoms with Crippen LogP contribution in [-0.4, -0.2) is 63.2 Å². The highest BCUT2D eigenvalue weighted by Gasteiger charge is 2.34. The predicted molar refractivity (Wildman–Crippen MR) is 163 cm³/mol. The van der Waals surface area contributed by atoms with Gasteiger partial charge in [0.15, 0.2) is 11.5 Å². The molecular weight excluding hydrogens is 554 g/mol. The lowest BCUT2D eigenvalue weighted by Gasteiger charge is -2.34. The maximum atomic E-state index is 14.3. The summed E-state index contributed by atoms with van der Waals surface area (Å²) in [6.07, 6.45) is 2.05. The molecule has 0 bridgehead atoms. The van der Waals surface area contributed by atoms with Crippen molar-refractivity contribution in [3.8, 4) is 11.5 Å². The van der Waals surface area contributed by atoms with E-state index in [-0.39, 0.29) is 30.6 Å². The van der Waals surface area contributed by atoms with Crippen molar-refractivity contribution in [2.24, 2.45) is 0 Å². The van der Waals surface area contributed by atoms with Crippen LogP contribution < -0.4 is 19.1 Å². The van der Waals surface area contributed by atoms with Crippen LogP contribution in [0.15, 0.2) is 72.8 Å². The Morgan fingerprint density at radius 1 is 0.952 bits per heavy atom. The van der Waals surface area contributed by atoms with E-state index in [4.69, 9.17) is 9.47 Å². The molecule has 0 aliphatic carbocycles. The fourth-order valence-corrected chi connectivity index (χ4v) is 5.61. The van der Waals surface area contributed by atoms with E-state index in [9.17, 15) is 18.0 Å². The average molecular weight is 594 g/mol. The van der Waals surface area contributed by atoms with Gasteiger partial charge in [-0.3, -0.25) is 13.9 Å². The fourth-order valence-electron chi connectivity index (χ4n) is 4.77. The summed E-state index contributed by atoms with van der Waals surface area (Å²) in [5.74, 6) is 0.126. The lowest BCUT2D eigenvalue weighted by Crippen LogP contribution is -2.54. The Morgan fingerprint density at radius 3 is 2.29 bits per heavy atom. The van der Waals surface area contributed by atoms with E-state index < -0.39 is 28.5 Å². The number of nitrogens with one attached hydrogen (secondary N) is 1. The van der Waals surface area contributed by atoms with Crippen molar-refractivity contribution in [1.29, 1.82) is 0 Å². The smallest absolute Gasteiger partial charge is 0.244 e. The highest BCUT2D eigenvalue weighted by atomic mass is 32.2. The molecule has 0 saturated carbocycles. The van der Waals surface area contributed by atoms with E-state index >= 15 is 0 Å². The van der Waals surface area contributed by atoms with E-state index in [2.05, 4.69) is 5.32 Å². The van der Waals surface area contributed by atoms with Gasteiger partial charge >= 0.3 is 0 Å². The normalized spacial score (nSPS) is 14.0. The molecule has 1 N–H and O–H groups in total. The van der Waals surface area contributed by atoms with Crippen LogP contribution >= 0.6 is 0 Å². The molecule has 10 heteroatoms. The number of ether oxygens (including phenoxy) is 2. The van der Waals surface area contributed by atoms with Crippen LogP contribution in [0.5, 0.6) is 11.5 Å². The molecule has 1 heterocycles. The highest BCUT2D eigenvalue weighted by molar-refractivity contribution is 7.92. The average Bonchev–Trinajstić information content (AvgIpc) is 2.98. The lowest BCUT2D eigenvalue weighted by atomic mass is 10.0. The SMILES string of the molecule is CC[C@@H](C)NC(=O)[C@@H](Cc1ccccc1)N(Cc1ccccc1C)C(=O)CN(c1ccc2c(c1)OCCO2)S(C)(=O)=O. The summed E-state index contributed by atoms with van der Waals surface area (Å²) in [5, 5.41) is 3.04. The second kappa shape index (κ2) is 13.7. The van der Waals surface area contributed by atoms with Crippen LogP contribution in [0.4, 0.5) is 5.69 Å². The quantitative estimate of drug-likeness (QED) is 0.339. The third-order valence-corrected chi connectivity index (χ3v) is 8.51. The van der Waals surface area contributed by atoms with Gasteiger partial charge in [-0.15, -0.1) is 0 Å². The number of fused-ring (bicyclic) bond motifs is 1. The summed E-state index contributed by atoms with van der Waals surface area (Å²) in [6.45, 7) is 6.22. The van der Waals surface area contributed by atoms with E-state index in [0.29, 0.717) is 24.7 Å². The van der Waals surface area contributed by atoms with Crippen molar-refractivity contribution in [2.45, 2.75) is 52.2 Å². The standard InChI is InChI=1S/C32H39N3O6S/c1-5-24(3)33-32(37)28(19-25-12-7-6-8-13-25)34(21-26-14-10-9-11-23(26)2)31(36)22-35(42(4,38)39)27-15-16-29-30(20-27)41-18-17-40-29/h6-16,20,24,28H,5,17-19,21-22H2,1-4H3,(H,33,37)/t24-,28-/m1/s1. The first-order valence-corrected chi connectivity index (χ1v) is 16.0. The molecule has 0 radical (unpaired) electrons. The van der Waals surface area contributed by atoms with E-state index in [1.807, 2.05) is 75.4 Å². The molecule has 0 spiro atoms. The van der Waals surface area contributed by atoms with Gasteiger partial charge in [-0.05, 0) is 49.1 Å². The van der Waals surface area contributed by atoms with Gasteiger partial charge in [0.1, 0.15) is 25.8 Å². The first-order valence-electron chi connectivity index (χ1n) is 14.1. The molecule has 42 heavy (non-hydrogen) atoms. The topological polar surface area (TPSA) is 105 Å². The zero-order valence-electron chi connectivity index (χ0n) is 24.6. The molecule has 2 atom stereocenters. The molecule has 9 nitrogen and oxygen atoms in total. The Hall–Kier alpha value is -4.05. The van der Waals surface area contributed by atoms with E-state index in [0.717, 1.165) is 33.7 Å². The van der Waals surface area contributed by atoms with Crippen molar-refractivity contribution in [3.63, 3.8) is 0 Å². The minimum atomic E-state index is -3.89. The van der Waals surface area contributed by atoms with E-state index in [1.54, 1.807) is 18.2 Å². The van der Waals surface area contributed by atoms with Crippen LogP contribution in [0.25, 0.3) is 0 Å². The summed E-state index contributed by atoms with van der Waals surface area (Å²) in [6, 6.07) is 21.0. The maximum Gasteiger partial charge on any atom is 0.244 e. The zero-order valence-corrected chi connectivity index (χ0v) is 25.4. The predicted octanol–water partition coefficient (Wildman–Crippen LogP) is 4.09. The Bertz CT molecular complexity index is 1500. The summed E-state index contributed by atoms with van der Waals surface area (Å²) < 4.78 is 38.4. The van der Waals surface area contributed by atoms with Crippen LogP contribution in [0.2, 0.25) is 0 Å². The van der Waals surface area contributed by atoms with Gasteiger partial charge in [0, 0.05) is 25.1 Å². The van der Waals surface area contributed by atoms with Crippen LogP contribution in [0, 0.1) is 6.92 Å². The van der Waals surface area contributed by atoms with E-state index in [1.165, 1.54) is 4.90 Å². The Balaban J connectivity index is 1.74. The van der Waals surface area contributed by atoms with Crippen molar-refractivity contribution < 1.29 is 27.5 Å². The zero-order chi connectivity index (χ0) is 30.3. The Morgan fingerprint density at radius 2 is 1.62 bits per heavy atom. The van der Waals surface area contributed by atoms with Crippen molar-refractivity contribution in [1.82, 2.24) is 10.2 Å². The molecule has 3 aromatic carbocycles. The fraction of sp³-hybridized carbons (Fsp3) is 0.375. The van der Waals surface area contributed by atoms with Crippen molar-refractivity contribution >= 4 is 27.5 Å². The number of benzene rings is 3. The van der Waals surface area contributed by atoms with Gasteiger partial charge in [-0.1, -0.05) is 61.5 Å². The van der Waals surface area contributed by atoms with Gasteiger partial charge in [-0.25, -0.2) is 8.42 Å². The van der Waals surface area contributed by atoms with Gasteiger partial charge < -0.3 is 19.7 Å². The van der Waals surface area contributed by atoms with Gasteiger partial charge in [0.05, 0.1) is 11.9 Å². The van der Waals surface area contributed by atoms with Crippen LogP contribution in [-0.2, 0) is 32.6 Å². The molecule has 1 aliphatic rings. The van der Waals surface area contributed by atoms with Gasteiger partial charge in [0.25, 0.3) is 0 Å². The molecule has 0 unspecified atom stereocenters. The third-order valence-electron chi connectivity index (χ3n) is 7.37. The molecule has 224 valence electrons. The number of hydrogen-bond acceptors (Lipinski definition) is 6. The number of hydrogen-bond donors (Lipinski definition) is 1. The number of carbonyl (C=O) groups is 2. The Labute approximate surface area is 248 Å². The lowest BCUT2D eigenvalue weighted by molar-refractivity contribution is -0.140. The maximum absolute atomic E-state index is 14.3. The monoisotopic (exact) mass is 593 g/mol. The second-order valence-corrected chi connectivity index (χ2v) is 12.5. The molecule has 0 aromatic heterocycles. The first-order chi connectivity index (χ1) is 20.1. The largest absolute Gasteiger partial charge is 0.486 e. The number of amides is 2. The molecule has 0 fully saturated rings. The molecule has 3 aromatic rings. The summed E-state index contributed by atoms with van der Waals surface area (Å²) in [7, 11) is -3.89. The molecule has 2 amide bonds.